The lowest BCUT2D eigenvalue weighted by Crippen LogP contribution is -2.47. The molecule has 98 valence electrons. The lowest BCUT2D eigenvalue weighted by molar-refractivity contribution is -0.137. The van der Waals surface area contributed by atoms with Crippen LogP contribution in [0.1, 0.15) is 27.2 Å². The van der Waals surface area contributed by atoms with E-state index in [1.165, 1.54) is 11.0 Å². The van der Waals surface area contributed by atoms with Crippen molar-refractivity contribution in [3.05, 3.63) is 12.7 Å². The molecule has 2 atom stereocenters. The van der Waals surface area contributed by atoms with E-state index in [0.717, 1.165) is 6.42 Å². The van der Waals surface area contributed by atoms with E-state index in [9.17, 15) is 9.59 Å². The van der Waals surface area contributed by atoms with E-state index in [1.807, 2.05) is 20.8 Å². The third kappa shape index (κ3) is 5.94. The molecule has 2 N–H and O–H groups in total. The SMILES string of the molecule is C=CCN(CC(=O)O)C(=O)NC(C)C(C)CC. The molecule has 0 radical (unpaired) electrons. The van der Waals surface area contributed by atoms with Gasteiger partial charge in [0.1, 0.15) is 6.54 Å². The minimum Gasteiger partial charge on any atom is -0.480 e. The molecule has 2 unspecified atom stereocenters. The van der Waals surface area contributed by atoms with Crippen LogP contribution >= 0.6 is 0 Å². The first-order valence-corrected chi connectivity index (χ1v) is 5.80. The van der Waals surface area contributed by atoms with Crippen LogP contribution in [0.25, 0.3) is 0 Å². The maximum Gasteiger partial charge on any atom is 0.323 e. The number of nitrogens with zero attached hydrogens (tertiary/aromatic N) is 1. The highest BCUT2D eigenvalue weighted by molar-refractivity contribution is 5.80. The summed E-state index contributed by atoms with van der Waals surface area (Å²) in [4.78, 5) is 23.6. The van der Waals surface area contributed by atoms with Crippen molar-refractivity contribution in [3.63, 3.8) is 0 Å². The molecule has 0 heterocycles. The highest BCUT2D eigenvalue weighted by Crippen LogP contribution is 2.07. The summed E-state index contributed by atoms with van der Waals surface area (Å²) in [7, 11) is 0. The van der Waals surface area contributed by atoms with Gasteiger partial charge in [0.15, 0.2) is 0 Å². The Morgan fingerprint density at radius 3 is 2.47 bits per heavy atom. The van der Waals surface area contributed by atoms with Gasteiger partial charge < -0.3 is 15.3 Å². The van der Waals surface area contributed by atoms with E-state index in [2.05, 4.69) is 11.9 Å². The Bertz CT molecular complexity index is 279. The van der Waals surface area contributed by atoms with E-state index in [1.54, 1.807) is 0 Å². The molecule has 0 aliphatic heterocycles. The fourth-order valence-electron chi connectivity index (χ4n) is 1.32. The second-order valence-electron chi connectivity index (χ2n) is 4.19. The fraction of sp³-hybridized carbons (Fsp3) is 0.667. The zero-order valence-electron chi connectivity index (χ0n) is 10.8. The third-order valence-electron chi connectivity index (χ3n) is 2.81. The number of rotatable bonds is 7. The molecule has 2 amide bonds. The second kappa shape index (κ2) is 7.70. The first kappa shape index (κ1) is 15.5. The predicted molar refractivity (Wildman–Crippen MR) is 66.9 cm³/mol. The molecule has 0 aromatic heterocycles. The fourth-order valence-corrected chi connectivity index (χ4v) is 1.32. The molecule has 0 bridgehead atoms. The normalized spacial score (nSPS) is 13.6. The lowest BCUT2D eigenvalue weighted by atomic mass is 10.0. The summed E-state index contributed by atoms with van der Waals surface area (Å²) in [5.74, 6) is -0.674. The highest BCUT2D eigenvalue weighted by atomic mass is 16.4. The standard InChI is InChI=1S/C12H22N2O3/c1-5-7-14(8-11(15)16)12(17)13-10(4)9(3)6-2/h5,9-10H,1,6-8H2,2-4H3,(H,13,17)(H,15,16). The van der Waals surface area contributed by atoms with Gasteiger partial charge in [-0.05, 0) is 12.8 Å². The van der Waals surface area contributed by atoms with Crippen LogP contribution in [0.4, 0.5) is 4.79 Å². The first-order chi connectivity index (χ1) is 7.92. The maximum atomic E-state index is 11.8. The number of carboxylic acids is 1. The van der Waals surface area contributed by atoms with Gasteiger partial charge in [-0.25, -0.2) is 4.79 Å². The molecule has 0 saturated heterocycles. The van der Waals surface area contributed by atoms with E-state index in [0.29, 0.717) is 5.92 Å². The van der Waals surface area contributed by atoms with Crippen LogP contribution in [0, 0.1) is 5.92 Å². The van der Waals surface area contributed by atoms with Gasteiger partial charge in [-0.1, -0.05) is 26.3 Å². The Hall–Kier alpha value is -1.52. The Morgan fingerprint density at radius 2 is 2.06 bits per heavy atom. The summed E-state index contributed by atoms with van der Waals surface area (Å²) in [6.45, 7) is 9.42. The number of amides is 2. The molecule has 0 saturated carbocycles. The monoisotopic (exact) mass is 242 g/mol. The van der Waals surface area contributed by atoms with Gasteiger partial charge in [-0.15, -0.1) is 6.58 Å². The largest absolute Gasteiger partial charge is 0.480 e. The zero-order chi connectivity index (χ0) is 13.4. The Balaban J connectivity index is 4.40. The molecule has 0 rings (SSSR count). The quantitative estimate of drug-likeness (QED) is 0.668. The number of carbonyl (C=O) groups is 2. The Kier molecular flexibility index (Phi) is 7.02. The van der Waals surface area contributed by atoms with Crippen molar-refractivity contribution in [1.29, 1.82) is 0 Å². The average Bonchev–Trinajstić information content (AvgIpc) is 2.26. The molecule has 0 aromatic carbocycles. The van der Waals surface area contributed by atoms with Crippen LogP contribution < -0.4 is 5.32 Å². The Morgan fingerprint density at radius 1 is 1.47 bits per heavy atom. The van der Waals surface area contributed by atoms with Crippen LogP contribution in [-0.2, 0) is 4.79 Å². The summed E-state index contributed by atoms with van der Waals surface area (Å²) < 4.78 is 0. The van der Waals surface area contributed by atoms with Gasteiger partial charge in [0.2, 0.25) is 0 Å². The van der Waals surface area contributed by atoms with Gasteiger partial charge >= 0.3 is 12.0 Å². The van der Waals surface area contributed by atoms with Crippen LogP contribution in [0.2, 0.25) is 0 Å². The van der Waals surface area contributed by atoms with Crippen LogP contribution in [-0.4, -0.2) is 41.1 Å². The van der Waals surface area contributed by atoms with Gasteiger partial charge in [0.05, 0.1) is 0 Å². The van der Waals surface area contributed by atoms with Crippen molar-refractivity contribution in [2.24, 2.45) is 5.92 Å². The molecule has 0 fully saturated rings. The third-order valence-corrected chi connectivity index (χ3v) is 2.81. The number of urea groups is 1. The number of hydrogen-bond donors (Lipinski definition) is 2. The average molecular weight is 242 g/mol. The summed E-state index contributed by atoms with van der Waals surface area (Å²) >= 11 is 0. The van der Waals surface area contributed by atoms with Crippen molar-refractivity contribution >= 4 is 12.0 Å². The van der Waals surface area contributed by atoms with E-state index in [-0.39, 0.29) is 25.2 Å². The number of carboxylic acid groups (broad SMARTS) is 1. The maximum absolute atomic E-state index is 11.8. The van der Waals surface area contributed by atoms with Crippen molar-refractivity contribution < 1.29 is 14.7 Å². The number of aliphatic carboxylic acids is 1. The van der Waals surface area contributed by atoms with Crippen molar-refractivity contribution in [3.8, 4) is 0 Å². The number of hydrogen-bond acceptors (Lipinski definition) is 2. The van der Waals surface area contributed by atoms with Crippen LogP contribution in [0.3, 0.4) is 0 Å². The molecule has 0 aliphatic carbocycles. The minimum atomic E-state index is -1.03. The first-order valence-electron chi connectivity index (χ1n) is 5.80. The van der Waals surface area contributed by atoms with E-state index < -0.39 is 5.97 Å². The molecular weight excluding hydrogens is 220 g/mol. The molecular formula is C12H22N2O3. The molecule has 17 heavy (non-hydrogen) atoms. The Labute approximate surface area is 102 Å². The highest BCUT2D eigenvalue weighted by Gasteiger charge is 2.19. The number of carbonyl (C=O) groups excluding carboxylic acids is 1. The molecule has 5 heteroatoms. The van der Waals surface area contributed by atoms with E-state index >= 15 is 0 Å². The van der Waals surface area contributed by atoms with Crippen molar-refractivity contribution in [2.45, 2.75) is 33.2 Å². The second-order valence-corrected chi connectivity index (χ2v) is 4.19. The van der Waals surface area contributed by atoms with E-state index in [4.69, 9.17) is 5.11 Å². The van der Waals surface area contributed by atoms with Crippen LogP contribution in [0.5, 0.6) is 0 Å². The molecule has 0 aliphatic rings. The van der Waals surface area contributed by atoms with Gasteiger partial charge in [-0.2, -0.15) is 0 Å². The van der Waals surface area contributed by atoms with Gasteiger partial charge in [-0.3, -0.25) is 4.79 Å². The smallest absolute Gasteiger partial charge is 0.323 e. The zero-order valence-corrected chi connectivity index (χ0v) is 10.8. The summed E-state index contributed by atoms with van der Waals surface area (Å²) in [6.07, 6.45) is 2.47. The minimum absolute atomic E-state index is 0.0219. The number of nitrogens with one attached hydrogen (secondary N) is 1. The van der Waals surface area contributed by atoms with Crippen molar-refractivity contribution in [1.82, 2.24) is 10.2 Å². The summed E-state index contributed by atoms with van der Waals surface area (Å²) in [5, 5.41) is 11.5. The molecule has 5 nitrogen and oxygen atoms in total. The summed E-state index contributed by atoms with van der Waals surface area (Å²) in [6, 6.07) is -0.339. The van der Waals surface area contributed by atoms with Crippen LogP contribution in [0.15, 0.2) is 12.7 Å². The lowest BCUT2D eigenvalue weighted by Gasteiger charge is -2.25. The van der Waals surface area contributed by atoms with Gasteiger partial charge in [0.25, 0.3) is 0 Å². The molecule has 0 spiro atoms. The van der Waals surface area contributed by atoms with Gasteiger partial charge in [0, 0.05) is 12.6 Å². The topological polar surface area (TPSA) is 69.6 Å². The molecule has 0 aromatic rings. The predicted octanol–water partition coefficient (Wildman–Crippen LogP) is 1.70. The summed E-state index contributed by atoms with van der Waals surface area (Å²) in [5.41, 5.74) is 0. The van der Waals surface area contributed by atoms with Crippen molar-refractivity contribution in [2.75, 3.05) is 13.1 Å².